The molecule has 0 bridgehead atoms. The number of halogens is 1. The topological polar surface area (TPSA) is 81.2 Å². The monoisotopic (exact) mass is 353 g/mol. The van der Waals surface area contributed by atoms with Crippen LogP contribution in [-0.2, 0) is 20.9 Å². The van der Waals surface area contributed by atoms with Gasteiger partial charge in [0.05, 0.1) is 23.8 Å². The van der Waals surface area contributed by atoms with Gasteiger partial charge in [-0.3, -0.25) is 14.6 Å². The Morgan fingerprint density at radius 3 is 2.50 bits per heavy atom. The zero-order chi connectivity index (χ0) is 18.0. The molecule has 2 rings (SSSR count). The first kappa shape index (κ1) is 18.6. The molecule has 6 nitrogen and oxygen atoms in total. The lowest BCUT2D eigenvalue weighted by Crippen LogP contribution is -2.39. The second-order valence-corrected chi connectivity index (χ2v) is 7.59. The Labute approximate surface area is 147 Å². The second kappa shape index (κ2) is 7.05. The summed E-state index contributed by atoms with van der Waals surface area (Å²) in [5.74, 6) is -0.337. The van der Waals surface area contributed by atoms with E-state index in [1.54, 1.807) is 0 Å². The van der Waals surface area contributed by atoms with Crippen LogP contribution in [0.25, 0.3) is 0 Å². The van der Waals surface area contributed by atoms with Crippen molar-refractivity contribution in [1.29, 1.82) is 0 Å². The predicted molar refractivity (Wildman–Crippen MR) is 90.2 cm³/mol. The molecule has 24 heavy (non-hydrogen) atoms. The van der Waals surface area contributed by atoms with Crippen LogP contribution < -0.4 is 5.32 Å². The van der Waals surface area contributed by atoms with Crippen molar-refractivity contribution in [2.24, 2.45) is 10.8 Å². The molecule has 1 heterocycles. The highest BCUT2D eigenvalue weighted by atomic mass is 35.5. The molecule has 0 spiro atoms. The zero-order valence-corrected chi connectivity index (χ0v) is 15.3. The van der Waals surface area contributed by atoms with Crippen LogP contribution in [0.4, 0.5) is 0 Å². The van der Waals surface area contributed by atoms with Gasteiger partial charge in [-0.2, -0.15) is 0 Å². The summed E-state index contributed by atoms with van der Waals surface area (Å²) in [6.07, 6.45) is 4.60. The number of rotatable bonds is 5. The van der Waals surface area contributed by atoms with Gasteiger partial charge in [-0.1, -0.05) is 18.5 Å². The Hall–Kier alpha value is -1.69. The lowest BCUT2D eigenvalue weighted by molar-refractivity contribution is -0.159. The van der Waals surface area contributed by atoms with Gasteiger partial charge in [0.25, 0.3) is 0 Å². The standard InChI is InChI=1S/C17H24ClN3O3/c1-11(2)24-15(23)17(4)6-5-16(3,10-17)14(22)21-9-12-13(18)20-8-7-19-12/h7-8,11H,5-6,9-10H2,1-4H3,(H,21,22)/t16-,17-/m1/s1. The number of nitrogens with zero attached hydrogens (tertiary/aromatic N) is 2. The Balaban J connectivity index is 2.00. The predicted octanol–water partition coefficient (Wildman–Crippen LogP) is 2.89. The van der Waals surface area contributed by atoms with E-state index in [2.05, 4.69) is 15.3 Å². The Morgan fingerprint density at radius 2 is 1.88 bits per heavy atom. The van der Waals surface area contributed by atoms with Crippen molar-refractivity contribution >= 4 is 23.5 Å². The second-order valence-electron chi connectivity index (χ2n) is 7.23. The first-order valence-electron chi connectivity index (χ1n) is 8.11. The minimum atomic E-state index is -0.624. The normalized spacial score (nSPS) is 26.4. The van der Waals surface area contributed by atoms with E-state index in [0.29, 0.717) is 25.0 Å². The van der Waals surface area contributed by atoms with E-state index in [-0.39, 0.29) is 29.7 Å². The number of carbonyl (C=O) groups excluding carboxylic acids is 2. The molecule has 0 aliphatic heterocycles. The fourth-order valence-electron chi connectivity index (χ4n) is 3.16. The van der Waals surface area contributed by atoms with E-state index in [9.17, 15) is 9.59 Å². The maximum absolute atomic E-state index is 12.6. The van der Waals surface area contributed by atoms with Crippen LogP contribution in [0.5, 0.6) is 0 Å². The summed E-state index contributed by atoms with van der Waals surface area (Å²) < 4.78 is 5.35. The third-order valence-electron chi connectivity index (χ3n) is 4.53. The van der Waals surface area contributed by atoms with Gasteiger partial charge in [-0.25, -0.2) is 4.98 Å². The van der Waals surface area contributed by atoms with Crippen LogP contribution in [0, 0.1) is 10.8 Å². The van der Waals surface area contributed by atoms with E-state index in [0.717, 1.165) is 0 Å². The fourth-order valence-corrected chi connectivity index (χ4v) is 3.33. The van der Waals surface area contributed by atoms with Gasteiger partial charge >= 0.3 is 5.97 Å². The summed E-state index contributed by atoms with van der Waals surface area (Å²) >= 11 is 5.95. The van der Waals surface area contributed by atoms with E-state index >= 15 is 0 Å². The molecule has 1 aromatic heterocycles. The molecule has 2 atom stereocenters. The Kier molecular flexibility index (Phi) is 5.48. The summed E-state index contributed by atoms with van der Waals surface area (Å²) in [6.45, 7) is 7.62. The van der Waals surface area contributed by atoms with Crippen LogP contribution in [0.1, 0.15) is 52.7 Å². The number of aromatic nitrogens is 2. The molecule has 1 aliphatic rings. The van der Waals surface area contributed by atoms with Crippen molar-refractivity contribution in [2.45, 2.75) is 59.6 Å². The lowest BCUT2D eigenvalue weighted by atomic mass is 9.81. The van der Waals surface area contributed by atoms with E-state index in [1.165, 1.54) is 12.4 Å². The maximum atomic E-state index is 12.6. The Bertz CT molecular complexity index is 637. The number of carbonyl (C=O) groups is 2. The SMILES string of the molecule is CC(C)OC(=O)[C@]1(C)CC[C@@](C)(C(=O)NCc2nccnc2Cl)C1. The third kappa shape index (κ3) is 4.04. The highest BCUT2D eigenvalue weighted by Gasteiger charge is 2.51. The molecule has 1 saturated carbocycles. The first-order valence-corrected chi connectivity index (χ1v) is 8.49. The molecule has 0 saturated heterocycles. The molecule has 7 heteroatoms. The molecule has 132 valence electrons. The third-order valence-corrected chi connectivity index (χ3v) is 4.85. The van der Waals surface area contributed by atoms with Gasteiger partial charge < -0.3 is 10.1 Å². The molecule has 1 fully saturated rings. The van der Waals surface area contributed by atoms with Crippen LogP contribution >= 0.6 is 11.6 Å². The minimum absolute atomic E-state index is 0.106. The number of amides is 1. The van der Waals surface area contributed by atoms with Gasteiger partial charge in [-0.05, 0) is 40.0 Å². The number of nitrogens with one attached hydrogen (secondary N) is 1. The molecular formula is C17H24ClN3O3. The van der Waals surface area contributed by atoms with Crippen molar-refractivity contribution in [3.63, 3.8) is 0 Å². The minimum Gasteiger partial charge on any atom is -0.463 e. The van der Waals surface area contributed by atoms with Crippen molar-refractivity contribution in [3.05, 3.63) is 23.2 Å². The first-order chi connectivity index (χ1) is 11.2. The Morgan fingerprint density at radius 1 is 1.25 bits per heavy atom. The van der Waals surface area contributed by atoms with Crippen LogP contribution in [0.15, 0.2) is 12.4 Å². The largest absolute Gasteiger partial charge is 0.463 e. The molecule has 0 aromatic carbocycles. The average molecular weight is 354 g/mol. The molecule has 1 N–H and O–H groups in total. The molecular weight excluding hydrogens is 330 g/mol. The van der Waals surface area contributed by atoms with Crippen LogP contribution in [0.3, 0.4) is 0 Å². The highest BCUT2D eigenvalue weighted by molar-refractivity contribution is 6.29. The van der Waals surface area contributed by atoms with Crippen molar-refractivity contribution in [2.75, 3.05) is 0 Å². The molecule has 0 radical (unpaired) electrons. The van der Waals surface area contributed by atoms with Gasteiger partial charge in [0, 0.05) is 17.8 Å². The number of esters is 1. The average Bonchev–Trinajstić information content (AvgIpc) is 2.84. The highest BCUT2D eigenvalue weighted by Crippen LogP contribution is 2.50. The number of hydrogen-bond acceptors (Lipinski definition) is 5. The summed E-state index contributed by atoms with van der Waals surface area (Å²) in [4.78, 5) is 33.0. The van der Waals surface area contributed by atoms with Gasteiger partial charge in [0.15, 0.2) is 5.15 Å². The lowest BCUT2D eigenvalue weighted by Gasteiger charge is -2.27. The van der Waals surface area contributed by atoms with E-state index in [4.69, 9.17) is 16.3 Å². The molecule has 0 unspecified atom stereocenters. The van der Waals surface area contributed by atoms with Crippen molar-refractivity contribution in [1.82, 2.24) is 15.3 Å². The van der Waals surface area contributed by atoms with Gasteiger partial charge in [0.1, 0.15) is 0 Å². The molecule has 1 aliphatic carbocycles. The van der Waals surface area contributed by atoms with Crippen LogP contribution in [-0.4, -0.2) is 27.9 Å². The molecule has 1 amide bonds. The number of hydrogen-bond donors (Lipinski definition) is 1. The number of ether oxygens (including phenoxy) is 1. The smallest absolute Gasteiger partial charge is 0.312 e. The molecule has 1 aromatic rings. The summed E-state index contributed by atoms with van der Waals surface area (Å²) in [5.41, 5.74) is -0.712. The fraction of sp³-hybridized carbons (Fsp3) is 0.647. The summed E-state index contributed by atoms with van der Waals surface area (Å²) in [7, 11) is 0. The van der Waals surface area contributed by atoms with E-state index in [1.807, 2.05) is 27.7 Å². The van der Waals surface area contributed by atoms with Crippen molar-refractivity contribution < 1.29 is 14.3 Å². The summed E-state index contributed by atoms with van der Waals surface area (Å²) in [6, 6.07) is 0. The maximum Gasteiger partial charge on any atom is 0.312 e. The van der Waals surface area contributed by atoms with Crippen LogP contribution in [0.2, 0.25) is 5.15 Å². The van der Waals surface area contributed by atoms with Gasteiger partial charge in [0.2, 0.25) is 5.91 Å². The zero-order valence-electron chi connectivity index (χ0n) is 14.6. The van der Waals surface area contributed by atoms with Gasteiger partial charge in [-0.15, -0.1) is 0 Å². The summed E-state index contributed by atoms with van der Waals surface area (Å²) in [5, 5.41) is 3.14. The quantitative estimate of drug-likeness (QED) is 0.823. The van der Waals surface area contributed by atoms with Crippen molar-refractivity contribution in [3.8, 4) is 0 Å². The van der Waals surface area contributed by atoms with E-state index < -0.39 is 10.8 Å².